The van der Waals surface area contributed by atoms with Crippen LogP contribution in [0.5, 0.6) is 5.75 Å². The van der Waals surface area contributed by atoms with Gasteiger partial charge in [0.2, 0.25) is 0 Å². The zero-order valence-electron chi connectivity index (χ0n) is 10.9. The number of halogens is 1. The minimum absolute atomic E-state index is 0.564. The Bertz CT molecular complexity index is 339. The smallest absolute Gasteiger partial charge is 0.122 e. The quantitative estimate of drug-likeness (QED) is 0.749. The number of benzene rings is 1. The molecule has 0 aliphatic carbocycles. The summed E-state index contributed by atoms with van der Waals surface area (Å²) in [5, 5.41) is 4.15. The summed E-state index contributed by atoms with van der Waals surface area (Å²) in [6.45, 7) is 8.16. The summed E-state index contributed by atoms with van der Waals surface area (Å²) in [6.07, 6.45) is 2.21. The number of aryl methyl sites for hydroxylation is 1. The van der Waals surface area contributed by atoms with Gasteiger partial charge in [-0.2, -0.15) is 0 Å². The molecule has 0 spiro atoms. The number of ether oxygens (including phenoxy) is 1. The van der Waals surface area contributed by atoms with E-state index in [-0.39, 0.29) is 0 Å². The molecule has 0 unspecified atom stereocenters. The van der Waals surface area contributed by atoms with Crippen LogP contribution < -0.4 is 10.1 Å². The highest BCUT2D eigenvalue weighted by Crippen LogP contribution is 2.21. The van der Waals surface area contributed by atoms with Crippen molar-refractivity contribution in [3.63, 3.8) is 0 Å². The normalized spacial score (nSPS) is 10.9. The van der Waals surface area contributed by atoms with Crippen molar-refractivity contribution in [2.45, 2.75) is 39.7 Å². The molecule has 0 aliphatic heterocycles. The summed E-state index contributed by atoms with van der Waals surface area (Å²) in [5.41, 5.74) is 1.10. The van der Waals surface area contributed by atoms with E-state index in [1.807, 2.05) is 25.1 Å². The molecule has 2 nitrogen and oxygen atoms in total. The minimum atomic E-state index is 0.564. The predicted molar refractivity (Wildman–Crippen MR) is 74.1 cm³/mol. The summed E-state index contributed by atoms with van der Waals surface area (Å²) in [7, 11) is 0. The molecule has 0 radical (unpaired) electrons. The minimum Gasteiger partial charge on any atom is -0.493 e. The second-order valence-electron chi connectivity index (χ2n) is 4.57. The van der Waals surface area contributed by atoms with Gasteiger partial charge in [0.25, 0.3) is 0 Å². The van der Waals surface area contributed by atoms with Gasteiger partial charge in [-0.25, -0.2) is 0 Å². The van der Waals surface area contributed by atoms with E-state index in [0.717, 1.165) is 42.3 Å². The fourth-order valence-corrected chi connectivity index (χ4v) is 1.80. The molecule has 0 saturated carbocycles. The molecule has 1 rings (SSSR count). The van der Waals surface area contributed by atoms with Gasteiger partial charge in [0, 0.05) is 11.1 Å². The zero-order chi connectivity index (χ0) is 12.7. The van der Waals surface area contributed by atoms with Gasteiger partial charge in [-0.1, -0.05) is 25.4 Å². The van der Waals surface area contributed by atoms with Crippen LogP contribution in [-0.4, -0.2) is 19.2 Å². The highest BCUT2D eigenvalue weighted by molar-refractivity contribution is 6.30. The maximum atomic E-state index is 5.89. The molecule has 96 valence electrons. The first-order valence-corrected chi connectivity index (χ1v) is 6.59. The van der Waals surface area contributed by atoms with E-state index >= 15 is 0 Å². The molecule has 0 bridgehead atoms. The molecule has 17 heavy (non-hydrogen) atoms. The number of hydrogen-bond donors (Lipinski definition) is 1. The van der Waals surface area contributed by atoms with Gasteiger partial charge in [0.1, 0.15) is 5.75 Å². The second-order valence-corrected chi connectivity index (χ2v) is 5.01. The summed E-state index contributed by atoms with van der Waals surface area (Å²) in [4.78, 5) is 0. The van der Waals surface area contributed by atoms with Crippen molar-refractivity contribution in [2.24, 2.45) is 0 Å². The van der Waals surface area contributed by atoms with Crippen molar-refractivity contribution in [2.75, 3.05) is 13.2 Å². The summed E-state index contributed by atoms with van der Waals surface area (Å²) >= 11 is 5.89. The first-order valence-electron chi connectivity index (χ1n) is 6.22. The molecule has 1 aromatic rings. The fourth-order valence-electron chi connectivity index (χ4n) is 1.57. The second kappa shape index (κ2) is 7.57. The number of unbranched alkanes of at least 4 members (excludes halogenated alkanes) is 1. The standard InChI is InChI=1S/C14H22ClNO/c1-11(2)16-8-4-5-9-17-14-7-6-13(15)10-12(14)3/h6-7,10-11,16H,4-5,8-9H2,1-3H3. The van der Waals surface area contributed by atoms with Gasteiger partial charge in [-0.05, 0) is 50.1 Å². The SMILES string of the molecule is Cc1cc(Cl)ccc1OCCCCNC(C)C. The van der Waals surface area contributed by atoms with Gasteiger partial charge < -0.3 is 10.1 Å². The van der Waals surface area contributed by atoms with Crippen molar-refractivity contribution in [3.8, 4) is 5.75 Å². The Morgan fingerprint density at radius 2 is 2.06 bits per heavy atom. The van der Waals surface area contributed by atoms with E-state index in [0.29, 0.717) is 6.04 Å². The highest BCUT2D eigenvalue weighted by atomic mass is 35.5. The van der Waals surface area contributed by atoms with Gasteiger partial charge in [-0.3, -0.25) is 0 Å². The van der Waals surface area contributed by atoms with E-state index in [1.165, 1.54) is 0 Å². The van der Waals surface area contributed by atoms with Crippen molar-refractivity contribution in [1.29, 1.82) is 0 Å². The Morgan fingerprint density at radius 3 is 2.71 bits per heavy atom. The number of nitrogens with one attached hydrogen (secondary N) is 1. The molecule has 0 fully saturated rings. The molecule has 0 heterocycles. The largest absolute Gasteiger partial charge is 0.493 e. The number of rotatable bonds is 7. The van der Waals surface area contributed by atoms with Gasteiger partial charge in [0.15, 0.2) is 0 Å². The van der Waals surface area contributed by atoms with Crippen LogP contribution in [0, 0.1) is 6.92 Å². The van der Waals surface area contributed by atoms with E-state index in [9.17, 15) is 0 Å². The summed E-state index contributed by atoms with van der Waals surface area (Å²) in [5.74, 6) is 0.936. The average Bonchev–Trinajstić information content (AvgIpc) is 2.25. The monoisotopic (exact) mass is 255 g/mol. The van der Waals surface area contributed by atoms with E-state index in [2.05, 4.69) is 19.2 Å². The summed E-state index contributed by atoms with van der Waals surface area (Å²) < 4.78 is 5.71. The molecule has 0 atom stereocenters. The average molecular weight is 256 g/mol. The van der Waals surface area contributed by atoms with Gasteiger partial charge >= 0.3 is 0 Å². The van der Waals surface area contributed by atoms with Crippen LogP contribution in [0.2, 0.25) is 5.02 Å². The van der Waals surface area contributed by atoms with Crippen LogP contribution in [0.3, 0.4) is 0 Å². The highest BCUT2D eigenvalue weighted by Gasteiger charge is 2.00. The maximum absolute atomic E-state index is 5.89. The van der Waals surface area contributed by atoms with E-state index in [1.54, 1.807) is 0 Å². The fraction of sp³-hybridized carbons (Fsp3) is 0.571. The molecule has 0 aliphatic rings. The lowest BCUT2D eigenvalue weighted by Crippen LogP contribution is -2.23. The van der Waals surface area contributed by atoms with Crippen LogP contribution >= 0.6 is 11.6 Å². The van der Waals surface area contributed by atoms with E-state index in [4.69, 9.17) is 16.3 Å². The van der Waals surface area contributed by atoms with Crippen LogP contribution in [0.4, 0.5) is 0 Å². The third-order valence-electron chi connectivity index (χ3n) is 2.52. The lowest BCUT2D eigenvalue weighted by molar-refractivity contribution is 0.303. The number of hydrogen-bond acceptors (Lipinski definition) is 2. The molecule has 0 amide bonds. The molecule has 0 aromatic heterocycles. The van der Waals surface area contributed by atoms with Crippen molar-refractivity contribution in [3.05, 3.63) is 28.8 Å². The van der Waals surface area contributed by atoms with Gasteiger partial charge in [0.05, 0.1) is 6.61 Å². The third-order valence-corrected chi connectivity index (χ3v) is 2.75. The molecule has 1 aromatic carbocycles. The van der Waals surface area contributed by atoms with Crippen molar-refractivity contribution >= 4 is 11.6 Å². The van der Waals surface area contributed by atoms with Crippen LogP contribution in [0.15, 0.2) is 18.2 Å². The molecule has 1 N–H and O–H groups in total. The summed E-state index contributed by atoms with van der Waals surface area (Å²) in [6, 6.07) is 6.29. The lowest BCUT2D eigenvalue weighted by Gasteiger charge is -2.10. The zero-order valence-corrected chi connectivity index (χ0v) is 11.7. The Morgan fingerprint density at radius 1 is 1.29 bits per heavy atom. The molecule has 0 saturated heterocycles. The first-order chi connectivity index (χ1) is 8.09. The Labute approximate surface area is 109 Å². The molecular formula is C14H22ClNO. The van der Waals surface area contributed by atoms with E-state index < -0.39 is 0 Å². The Hall–Kier alpha value is -0.730. The third kappa shape index (κ3) is 5.94. The van der Waals surface area contributed by atoms with Crippen molar-refractivity contribution < 1.29 is 4.74 Å². The Kier molecular flexibility index (Phi) is 6.38. The van der Waals surface area contributed by atoms with Crippen molar-refractivity contribution in [1.82, 2.24) is 5.32 Å². The molecule has 3 heteroatoms. The van der Waals surface area contributed by atoms with Gasteiger partial charge in [-0.15, -0.1) is 0 Å². The first kappa shape index (κ1) is 14.3. The topological polar surface area (TPSA) is 21.3 Å². The Balaban J connectivity index is 2.18. The van der Waals surface area contributed by atoms with Crippen LogP contribution in [0.1, 0.15) is 32.3 Å². The molecular weight excluding hydrogens is 234 g/mol. The maximum Gasteiger partial charge on any atom is 0.122 e. The lowest BCUT2D eigenvalue weighted by atomic mass is 10.2. The van der Waals surface area contributed by atoms with Crippen LogP contribution in [0.25, 0.3) is 0 Å². The van der Waals surface area contributed by atoms with Crippen LogP contribution in [-0.2, 0) is 0 Å². The predicted octanol–water partition coefficient (Wildman–Crippen LogP) is 3.81.